The maximum atomic E-state index is 14.0. The first-order valence-electron chi connectivity index (χ1n) is 26.8. The molecule has 6 aromatic rings. The van der Waals surface area contributed by atoms with Crippen molar-refractivity contribution >= 4 is 68.1 Å². The summed E-state index contributed by atoms with van der Waals surface area (Å²) in [5.41, 5.74) is 3.64. The molecule has 6 rings (SSSR count). The van der Waals surface area contributed by atoms with Crippen LogP contribution in [0.5, 0.6) is 11.5 Å². The molecule has 0 bridgehead atoms. The fraction of sp³-hybridized carbons (Fsp3) is 0.355. The third kappa shape index (κ3) is 25.6. The highest BCUT2D eigenvalue weighted by atomic mass is 35.7. The standard InChI is InChI=1S/C31H37N2O5P.C30H35N2O6P.CH3ClO2S/c1-6-26-22-25(23-29(33-26)39(35,37-7-2)28-12-9-8-10-13-28)15-14-24-16-18-27(19-17-24)36-21-11-20-32-30(34)38-31(3,4)5;1-5-37-39(35,27-10-7-6-8-11-27)28-21-24(20-25(22-33)32-28)13-12-23-14-16-26(17-15-23)36-19-9-18-31-29(34)38-30(2,3)4;1-5(2,3)4/h8-10,12-13,16-19,22-23H,6-7,11,20-21H2,1-5H3,(H,32,34);6-8,10-11,14-17,20-21,33H,5,9,18-19,22H2,1-4H3,(H,31,34);1H3. The number of carbonyl (C=O) groups is 2. The Bertz CT molecular complexity index is 3160. The highest BCUT2D eigenvalue weighted by molar-refractivity contribution is 8.13. The van der Waals surface area contributed by atoms with E-state index >= 15 is 0 Å². The number of benzene rings is 4. The van der Waals surface area contributed by atoms with E-state index in [-0.39, 0.29) is 18.6 Å². The number of amides is 2. The molecule has 0 aliphatic heterocycles. The third-order valence-corrected chi connectivity index (χ3v) is 15.5. The van der Waals surface area contributed by atoms with E-state index in [9.17, 15) is 32.2 Å². The topological polar surface area (TPSA) is 228 Å². The molecular weight excluding hydrogens is 1140 g/mol. The number of pyridine rings is 2. The lowest BCUT2D eigenvalue weighted by Crippen LogP contribution is -2.33. The van der Waals surface area contributed by atoms with E-state index in [1.54, 1.807) is 49.4 Å². The Hall–Kier alpha value is -6.98. The van der Waals surface area contributed by atoms with Crippen LogP contribution in [0.3, 0.4) is 0 Å². The van der Waals surface area contributed by atoms with Crippen molar-refractivity contribution in [2.45, 2.75) is 99.4 Å². The fourth-order valence-electron chi connectivity index (χ4n) is 7.10. The van der Waals surface area contributed by atoms with E-state index in [2.05, 4.69) is 55.0 Å². The minimum atomic E-state index is -3.46. The number of rotatable bonds is 20. The number of aliphatic hydroxyl groups is 1. The van der Waals surface area contributed by atoms with Crippen LogP contribution in [0.4, 0.5) is 9.59 Å². The molecule has 0 spiro atoms. The number of nitrogens with zero attached hydrogens (tertiary/aromatic N) is 2. The molecule has 21 heteroatoms. The molecule has 3 N–H and O–H groups in total. The van der Waals surface area contributed by atoms with Crippen LogP contribution < -0.4 is 41.6 Å². The van der Waals surface area contributed by atoms with Crippen molar-refractivity contribution in [3.8, 4) is 35.2 Å². The number of aryl methyl sites for hydroxylation is 1. The van der Waals surface area contributed by atoms with Crippen molar-refractivity contribution in [3.05, 3.63) is 167 Å². The molecule has 17 nitrogen and oxygen atoms in total. The molecule has 0 radical (unpaired) electrons. The molecule has 0 fully saturated rings. The molecule has 0 saturated carbocycles. The monoisotopic (exact) mass is 1210 g/mol. The molecule has 2 heterocycles. The van der Waals surface area contributed by atoms with Crippen LogP contribution >= 0.6 is 25.4 Å². The first-order chi connectivity index (χ1) is 39.2. The lowest BCUT2D eigenvalue weighted by Gasteiger charge is -2.19. The number of hydrogen-bond donors (Lipinski definition) is 3. The summed E-state index contributed by atoms with van der Waals surface area (Å²) in [6.07, 6.45) is 2.02. The van der Waals surface area contributed by atoms with Crippen molar-refractivity contribution in [1.82, 2.24) is 20.6 Å². The molecule has 2 unspecified atom stereocenters. The summed E-state index contributed by atoms with van der Waals surface area (Å²) in [6.45, 7) is 18.6. The molecule has 0 saturated heterocycles. The van der Waals surface area contributed by atoms with Gasteiger partial charge in [-0.15, -0.1) is 0 Å². The maximum Gasteiger partial charge on any atom is 0.407 e. The zero-order valence-corrected chi connectivity index (χ0v) is 52.1. The van der Waals surface area contributed by atoms with Gasteiger partial charge in [0.2, 0.25) is 9.05 Å². The second-order valence-electron chi connectivity index (χ2n) is 20.0. The second kappa shape index (κ2) is 33.3. The van der Waals surface area contributed by atoms with Crippen molar-refractivity contribution in [3.63, 3.8) is 0 Å². The molecule has 2 atom stereocenters. The Balaban J connectivity index is 0.000000329. The molecule has 2 amide bonds. The van der Waals surface area contributed by atoms with Crippen LogP contribution in [0.1, 0.15) is 109 Å². The fourth-order valence-corrected chi connectivity index (χ4v) is 11.2. The van der Waals surface area contributed by atoms with Gasteiger partial charge in [-0.25, -0.2) is 28.0 Å². The van der Waals surface area contributed by atoms with Gasteiger partial charge in [-0.2, -0.15) is 0 Å². The van der Waals surface area contributed by atoms with Crippen LogP contribution in [-0.2, 0) is 49.7 Å². The Labute approximate surface area is 493 Å². The summed E-state index contributed by atoms with van der Waals surface area (Å²) in [6, 6.07) is 39.9. The zero-order chi connectivity index (χ0) is 61.1. The highest BCUT2D eigenvalue weighted by Gasteiger charge is 2.32. The summed E-state index contributed by atoms with van der Waals surface area (Å²) >= 11 is 0. The van der Waals surface area contributed by atoms with Crippen LogP contribution in [-0.4, -0.2) is 92.7 Å². The van der Waals surface area contributed by atoms with Gasteiger partial charge in [-0.1, -0.05) is 67.0 Å². The number of carbonyl (C=O) groups excluding carboxylic acids is 2. The van der Waals surface area contributed by atoms with E-state index in [1.807, 2.05) is 146 Å². The predicted octanol–water partition coefficient (Wildman–Crippen LogP) is 10.3. The highest BCUT2D eigenvalue weighted by Crippen LogP contribution is 2.45. The summed E-state index contributed by atoms with van der Waals surface area (Å²) in [5, 5.41) is 16.3. The minimum Gasteiger partial charge on any atom is -0.494 e. The molecule has 444 valence electrons. The van der Waals surface area contributed by atoms with Gasteiger partial charge in [-0.3, -0.25) is 9.13 Å². The van der Waals surface area contributed by atoms with E-state index in [0.717, 1.165) is 34.4 Å². The number of nitrogens with one attached hydrogen (secondary N) is 2. The number of halogens is 1. The first-order valence-corrected chi connectivity index (χ1v) is 32.8. The molecule has 0 aliphatic carbocycles. The van der Waals surface area contributed by atoms with Gasteiger partial charge in [0.1, 0.15) is 33.6 Å². The largest absolute Gasteiger partial charge is 0.494 e. The van der Waals surface area contributed by atoms with Crippen molar-refractivity contribution in [2.75, 3.05) is 45.8 Å². The first kappa shape index (κ1) is 68.5. The summed E-state index contributed by atoms with van der Waals surface area (Å²) < 4.78 is 80.1. The average Bonchev–Trinajstić information content (AvgIpc) is 3.58. The molecule has 83 heavy (non-hydrogen) atoms. The van der Waals surface area contributed by atoms with Crippen LogP contribution in [0.15, 0.2) is 133 Å². The number of alkyl carbamates (subject to hydrolysis) is 2. The Kier molecular flexibility index (Phi) is 27.5. The number of hydrogen-bond acceptors (Lipinski definition) is 15. The third-order valence-electron chi connectivity index (χ3n) is 10.6. The van der Waals surface area contributed by atoms with Gasteiger partial charge in [0, 0.05) is 62.3 Å². The van der Waals surface area contributed by atoms with Gasteiger partial charge in [0.25, 0.3) is 14.7 Å². The van der Waals surface area contributed by atoms with Gasteiger partial charge < -0.3 is 43.7 Å². The van der Waals surface area contributed by atoms with Gasteiger partial charge in [-0.05, 0) is 172 Å². The van der Waals surface area contributed by atoms with E-state index in [0.29, 0.717) is 85.2 Å². The van der Waals surface area contributed by atoms with Crippen LogP contribution in [0, 0.1) is 23.7 Å². The maximum absolute atomic E-state index is 14.0. The zero-order valence-electron chi connectivity index (χ0n) is 48.7. The summed E-state index contributed by atoms with van der Waals surface area (Å²) in [5.74, 6) is 13.9. The number of aliphatic hydroxyl groups excluding tert-OH is 1. The van der Waals surface area contributed by atoms with Crippen molar-refractivity contribution in [2.24, 2.45) is 0 Å². The number of ether oxygens (including phenoxy) is 4. The summed E-state index contributed by atoms with van der Waals surface area (Å²) in [4.78, 5) is 32.4. The van der Waals surface area contributed by atoms with E-state index in [4.69, 9.17) is 28.0 Å². The smallest absolute Gasteiger partial charge is 0.407 e. The normalized spacial score (nSPS) is 12.5. The number of aromatic nitrogens is 2. The SMILES string of the molecule is CCOP(=O)(c1ccccc1)c1cc(C#Cc2ccc(OCCCNC(=O)OC(C)(C)C)cc2)cc(CC)n1.CCOP(=O)(c1ccccc1)c1cc(C#Cc2ccc(OCCCNC(=O)OC(C)(C)C)cc2)cc(CO)n1.CS(=O)(=O)Cl. The van der Waals surface area contributed by atoms with Crippen molar-refractivity contribution < 1.29 is 60.2 Å². The molecule has 4 aromatic carbocycles. The lowest BCUT2D eigenvalue weighted by molar-refractivity contribution is 0.0513. The second-order valence-corrected chi connectivity index (χ2v) is 27.7. The van der Waals surface area contributed by atoms with Crippen LogP contribution in [0.25, 0.3) is 0 Å². The molecular formula is C62H75ClN4O13P2S. The van der Waals surface area contributed by atoms with Crippen LogP contribution in [0.2, 0.25) is 0 Å². The Morgan fingerprint density at radius 2 is 0.916 bits per heavy atom. The van der Waals surface area contributed by atoms with Crippen molar-refractivity contribution in [1.29, 1.82) is 0 Å². The van der Waals surface area contributed by atoms with Gasteiger partial charge in [0.15, 0.2) is 0 Å². The van der Waals surface area contributed by atoms with E-state index in [1.165, 1.54) is 0 Å². The predicted molar refractivity (Wildman–Crippen MR) is 328 cm³/mol. The average molecular weight is 1210 g/mol. The quantitative estimate of drug-likeness (QED) is 0.0280. The Morgan fingerprint density at radius 3 is 1.25 bits per heavy atom. The summed E-state index contributed by atoms with van der Waals surface area (Å²) in [7, 11) is -5.50. The Morgan fingerprint density at radius 1 is 0.566 bits per heavy atom. The van der Waals surface area contributed by atoms with Gasteiger partial charge in [0.05, 0.1) is 45.0 Å². The molecule has 2 aromatic heterocycles. The van der Waals surface area contributed by atoms with E-state index < -0.39 is 47.2 Å². The minimum absolute atomic E-state index is 0.243. The van der Waals surface area contributed by atoms with Gasteiger partial charge >= 0.3 is 12.2 Å². The molecule has 0 aliphatic rings. The lowest BCUT2D eigenvalue weighted by atomic mass is 10.1.